The summed E-state index contributed by atoms with van der Waals surface area (Å²) < 4.78 is 197. The average molecular weight is 1870 g/mol. The number of aliphatic hydroxyl groups excluding tert-OH is 1. The molecule has 0 saturated carbocycles. The van der Waals surface area contributed by atoms with Gasteiger partial charge in [0, 0.05) is 25.2 Å². The summed E-state index contributed by atoms with van der Waals surface area (Å²) in [7, 11) is -3.90. The molecule has 0 aromatic heterocycles. The summed E-state index contributed by atoms with van der Waals surface area (Å²) in [6.07, 6.45) is 4.11. The van der Waals surface area contributed by atoms with Gasteiger partial charge in [-0.15, -0.1) is 13.2 Å². The fraction of sp³-hybridized carbons (Fsp3) is 0.316. The Hall–Kier alpha value is -5.98. The molecular weight excluding hydrogens is 1780 g/mol. The first-order valence-electron chi connectivity index (χ1n) is 31.2. The van der Waals surface area contributed by atoms with Crippen LogP contribution in [0, 0.1) is 47.3 Å². The maximum absolute atomic E-state index is 13.4. The fourth-order valence-corrected chi connectivity index (χ4v) is 9.94. The standard InChI is InChI=1S/C15H19F2NO2.C14H19F2NOS.C12H15F2NOS.C8H6F2O.C7H5BrF2.C7H4BrFO2.C7H6BrFO.C4H11NOS.C2H3.BrH.Mg/c1-5-13(18-14(19)20-15(2,3)4)11-6-10(9-16)7-12(17)8-11;1-5-13(17-19(18)14(2,3)4)11-6-10(9-15)7-12(16)8-11;1-12(2,3)17(16)15-8-10-4-9(7-13)5-11(14)6-10;9-4-6-1-7(5-11)3-8(10)2-6;8-6-1-5(4-9)2-7(10)3-6;8-5-1-4(7(10)11)2-6(9)3-5;8-6-1-5(4-10)2-7(9)3-6;1-4(2,3)7(5)6;1-2;;/h5-8,13H,1,9H2,2-4H3,(H,18,19);5-8,13,17H,1,9H2,2-4H3;4-6,8H,7H2,1-3H3;1-3,5H,4H2;1-3H,4H2;1-3H,(H,10,11);1-3,10H,4H2;5H2,1-3H3;1H,2H2;1H;/q;;;;;;;;-1;;+2/p-1/t13-;13-,19-;17-;;;;;7-;;;/m111....1.../s1. The zero-order valence-corrected chi connectivity index (χ0v) is 72.0. The van der Waals surface area contributed by atoms with Gasteiger partial charge in [0.05, 0.1) is 60.5 Å². The van der Waals surface area contributed by atoms with Crippen molar-refractivity contribution in [2.45, 2.75) is 155 Å². The van der Waals surface area contributed by atoms with Crippen LogP contribution >= 0.6 is 47.8 Å². The molecule has 33 heteroatoms. The number of aromatic carboxylic acids is 1. The molecule has 0 saturated heterocycles. The van der Waals surface area contributed by atoms with Crippen molar-refractivity contribution in [3.8, 4) is 0 Å². The first-order chi connectivity index (χ1) is 49.6. The third kappa shape index (κ3) is 49.2. The van der Waals surface area contributed by atoms with E-state index >= 15 is 0 Å². The van der Waals surface area contributed by atoms with Crippen molar-refractivity contribution in [1.29, 1.82) is 0 Å². The second-order valence-electron chi connectivity index (χ2n) is 25.6. The number of nitrogens with two attached hydrogens (primary N) is 1. The Kier molecular flexibility index (Phi) is 55.6. The number of benzene rings is 7. The molecule has 7 rings (SSSR count). The van der Waals surface area contributed by atoms with Crippen LogP contribution in [-0.2, 0) is 77.7 Å². The number of halogens is 16. The van der Waals surface area contributed by atoms with Gasteiger partial charge in [0.1, 0.15) is 97.0 Å². The number of ether oxygens (including phenoxy) is 1. The van der Waals surface area contributed by atoms with Crippen LogP contribution < -0.4 is 32.2 Å². The van der Waals surface area contributed by atoms with Crippen LogP contribution in [0.4, 0.5) is 57.5 Å². The first kappa shape index (κ1) is 109. The number of nitrogens with one attached hydrogen (secondary N) is 2. The molecule has 0 aliphatic heterocycles. The van der Waals surface area contributed by atoms with Gasteiger partial charge in [0.15, 0.2) is 0 Å². The van der Waals surface area contributed by atoms with E-state index in [2.05, 4.69) is 88.5 Å². The van der Waals surface area contributed by atoms with Crippen molar-refractivity contribution in [3.05, 3.63) is 281 Å². The molecule has 0 aliphatic rings. The minimum absolute atomic E-state index is 0. The van der Waals surface area contributed by atoms with E-state index in [1.807, 2.05) is 41.5 Å². The minimum atomic E-state index is -1.40. The summed E-state index contributed by atoms with van der Waals surface area (Å²) in [6.45, 7) is 32.0. The van der Waals surface area contributed by atoms with Crippen LogP contribution in [-0.4, -0.2) is 90.3 Å². The van der Waals surface area contributed by atoms with Crippen LogP contribution in [0.5, 0.6) is 0 Å². The van der Waals surface area contributed by atoms with Crippen molar-refractivity contribution < 1.29 is 112 Å². The van der Waals surface area contributed by atoms with Gasteiger partial charge in [-0.1, -0.05) is 72.1 Å². The summed E-state index contributed by atoms with van der Waals surface area (Å²) >= 11 is 9.13. The van der Waals surface area contributed by atoms with Crippen LogP contribution in [0.3, 0.4) is 0 Å². The number of nitrogens with zero attached hydrogens (tertiary/aromatic N) is 1. The molecule has 13 nitrogen and oxygen atoms in total. The van der Waals surface area contributed by atoms with Gasteiger partial charge in [-0.05, 0) is 248 Å². The smallest absolute Gasteiger partial charge is 1.00 e. The SMILES string of the molecule is C=C[C@@H](NC(=O)OC(C)(C)C)c1cc(F)cc(CF)c1.C=C[C@@H](N[S@](=O)C(C)(C)C)c1cc(F)cc(CF)c1.CC(C)(C)[S@@](=O)N=Cc1cc(F)cc(CF)c1.CC(C)(C)[S@](N)=O.FCc1cc(F)cc(Br)c1.O=C(O)c1cc(F)cc(Br)c1.O=Cc1cc(F)cc(CF)c1.OCc1cc(F)cc(Br)c1.[Br-].[CH-]=C.[Mg+2]. The Morgan fingerprint density at radius 3 is 1.18 bits per heavy atom. The van der Waals surface area contributed by atoms with Crippen molar-refractivity contribution in [2.75, 3.05) is 0 Å². The predicted octanol–water partition coefficient (Wildman–Crippen LogP) is 18.0. The quantitative estimate of drug-likeness (QED) is 0.0146. The van der Waals surface area contributed by atoms with Gasteiger partial charge in [-0.3, -0.25) is 16.5 Å². The number of amides is 1. The van der Waals surface area contributed by atoms with Crippen molar-refractivity contribution >= 4 is 128 Å². The monoisotopic (exact) mass is 1860 g/mol. The molecular formula is C76H88Br4F12MgN4O9S3. The van der Waals surface area contributed by atoms with E-state index < -0.39 is 140 Å². The fourth-order valence-electron chi connectivity index (χ4n) is 7.10. The maximum Gasteiger partial charge on any atom is 2.00 e. The average Bonchev–Trinajstić information content (AvgIpc) is 0.849. The number of hydrogen-bond donors (Lipinski definition) is 5. The van der Waals surface area contributed by atoms with Gasteiger partial charge >= 0.3 is 35.1 Å². The van der Waals surface area contributed by atoms with E-state index in [0.717, 1.165) is 36.4 Å². The maximum atomic E-state index is 13.4. The second kappa shape index (κ2) is 55.5. The van der Waals surface area contributed by atoms with Crippen molar-refractivity contribution in [1.82, 2.24) is 10.0 Å². The number of alkyl halides is 5. The Morgan fingerprint density at radius 1 is 0.523 bits per heavy atom. The number of carboxylic acid groups (broad SMARTS) is 1. The Bertz CT molecular complexity index is 3980. The molecule has 0 aliphatic carbocycles. The van der Waals surface area contributed by atoms with E-state index in [0.29, 0.717) is 47.5 Å². The van der Waals surface area contributed by atoms with E-state index in [9.17, 15) is 79.7 Å². The zero-order chi connectivity index (χ0) is 82.9. The number of carbonyl (C=O) groups is 3. The van der Waals surface area contributed by atoms with Crippen molar-refractivity contribution in [2.24, 2.45) is 9.54 Å². The number of carboxylic acids is 1. The molecule has 109 heavy (non-hydrogen) atoms. The summed E-state index contributed by atoms with van der Waals surface area (Å²) in [5, 5.41) is 24.6. The van der Waals surface area contributed by atoms with Crippen molar-refractivity contribution in [3.63, 3.8) is 0 Å². The number of aldehydes is 1. The van der Waals surface area contributed by atoms with E-state index in [4.69, 9.17) is 20.1 Å². The van der Waals surface area contributed by atoms with E-state index in [-0.39, 0.29) is 90.6 Å². The topological polar surface area (TPSA) is 215 Å². The zero-order valence-electron chi connectivity index (χ0n) is 61.8. The van der Waals surface area contributed by atoms with Crippen LogP contribution in [0.25, 0.3) is 0 Å². The first-order valence-corrected chi connectivity index (χ1v) is 37.0. The molecule has 7 aromatic rings. The molecule has 0 unspecified atom stereocenters. The normalized spacial score (nSPS) is 12.0. The number of carbonyl (C=O) groups excluding carboxylic acids is 2. The summed E-state index contributed by atoms with van der Waals surface area (Å²) in [6, 6.07) is 25.7. The number of aliphatic hydroxyl groups is 1. The molecule has 0 spiro atoms. The summed E-state index contributed by atoms with van der Waals surface area (Å²) in [5.74, 6) is -4.62. The van der Waals surface area contributed by atoms with Gasteiger partial charge in [-0.2, -0.15) is 4.40 Å². The number of hydrogen-bond acceptors (Lipinski definition) is 8. The minimum Gasteiger partial charge on any atom is -1.00 e. The van der Waals surface area contributed by atoms with Crippen LogP contribution in [0.2, 0.25) is 0 Å². The van der Waals surface area contributed by atoms with Crippen LogP contribution in [0.1, 0.15) is 166 Å². The molecule has 7 aromatic carbocycles. The summed E-state index contributed by atoms with van der Waals surface area (Å²) in [4.78, 5) is 32.1. The van der Waals surface area contributed by atoms with E-state index in [1.165, 1.54) is 91.2 Å². The molecule has 598 valence electrons. The van der Waals surface area contributed by atoms with Gasteiger partial charge in [-0.25, -0.2) is 79.6 Å². The Labute approximate surface area is 690 Å². The molecule has 6 N–H and O–H groups in total. The second-order valence-corrected chi connectivity index (χ2v) is 34.1. The number of alkyl carbamates (subject to hydrolysis) is 1. The van der Waals surface area contributed by atoms with Gasteiger partial charge in [0.2, 0.25) is 0 Å². The molecule has 0 heterocycles. The largest absolute Gasteiger partial charge is 2.00 e. The van der Waals surface area contributed by atoms with Gasteiger partial charge in [0.25, 0.3) is 0 Å². The molecule has 0 radical (unpaired) electrons. The van der Waals surface area contributed by atoms with E-state index in [1.54, 1.807) is 59.7 Å². The number of rotatable bonds is 17. The third-order valence-electron chi connectivity index (χ3n) is 12.0. The molecule has 0 fully saturated rings. The summed E-state index contributed by atoms with van der Waals surface area (Å²) in [5.41, 5.74) is 2.63. The molecule has 1 amide bonds. The van der Waals surface area contributed by atoms with Gasteiger partial charge < -0.3 is 43.8 Å². The van der Waals surface area contributed by atoms with Crippen LogP contribution in [0.15, 0.2) is 177 Å². The predicted molar refractivity (Wildman–Crippen MR) is 420 cm³/mol. The third-order valence-corrected chi connectivity index (χ3v) is 17.5. The Morgan fingerprint density at radius 2 is 0.853 bits per heavy atom. The molecule has 5 atom stereocenters. The molecule has 0 bridgehead atoms. The Balaban J connectivity index is -0.000000586.